The summed E-state index contributed by atoms with van der Waals surface area (Å²) in [4.78, 5) is 16.0. The van der Waals surface area contributed by atoms with Gasteiger partial charge in [-0.1, -0.05) is 17.7 Å². The summed E-state index contributed by atoms with van der Waals surface area (Å²) in [5.41, 5.74) is 2.37. The SMILES string of the molecule is O=c1c2cc(Cl)ccc2[nH]c2c(-c3ccco3)cccc12. The van der Waals surface area contributed by atoms with Crippen molar-refractivity contribution in [3.8, 4) is 11.3 Å². The minimum atomic E-state index is -0.0327. The molecule has 3 nitrogen and oxygen atoms in total. The highest BCUT2D eigenvalue weighted by molar-refractivity contribution is 6.31. The first-order chi connectivity index (χ1) is 10.2. The molecule has 0 atom stereocenters. The average molecular weight is 296 g/mol. The number of aromatic nitrogens is 1. The molecule has 0 saturated heterocycles. The molecule has 0 fully saturated rings. The van der Waals surface area contributed by atoms with E-state index < -0.39 is 0 Å². The first kappa shape index (κ1) is 12.2. The van der Waals surface area contributed by atoms with Crippen LogP contribution in [0.3, 0.4) is 0 Å². The molecule has 4 rings (SSSR count). The summed E-state index contributed by atoms with van der Waals surface area (Å²) in [5, 5.41) is 1.76. The van der Waals surface area contributed by atoms with Crippen molar-refractivity contribution in [3.63, 3.8) is 0 Å². The van der Waals surface area contributed by atoms with Crippen LogP contribution in [0.2, 0.25) is 5.02 Å². The van der Waals surface area contributed by atoms with Gasteiger partial charge in [0, 0.05) is 26.9 Å². The van der Waals surface area contributed by atoms with E-state index in [1.807, 2.05) is 30.3 Å². The lowest BCUT2D eigenvalue weighted by molar-refractivity contribution is 0.583. The zero-order chi connectivity index (χ0) is 14.4. The highest BCUT2D eigenvalue weighted by Crippen LogP contribution is 2.28. The summed E-state index contributed by atoms with van der Waals surface area (Å²) < 4.78 is 5.46. The van der Waals surface area contributed by atoms with Crippen molar-refractivity contribution in [3.05, 3.63) is 70.0 Å². The van der Waals surface area contributed by atoms with Gasteiger partial charge in [0.05, 0.1) is 11.8 Å². The average Bonchev–Trinajstić information content (AvgIpc) is 3.02. The third-order valence-corrected chi connectivity index (χ3v) is 3.82. The Labute approximate surface area is 124 Å². The fourth-order valence-corrected chi connectivity index (χ4v) is 2.78. The van der Waals surface area contributed by atoms with Crippen molar-refractivity contribution < 1.29 is 4.42 Å². The van der Waals surface area contributed by atoms with E-state index in [1.54, 1.807) is 24.5 Å². The van der Waals surface area contributed by atoms with Gasteiger partial charge < -0.3 is 9.40 Å². The number of halogens is 1. The monoisotopic (exact) mass is 295 g/mol. The summed E-state index contributed by atoms with van der Waals surface area (Å²) in [6, 6.07) is 14.6. The van der Waals surface area contributed by atoms with Crippen LogP contribution in [0.1, 0.15) is 0 Å². The normalized spacial score (nSPS) is 11.3. The number of benzene rings is 2. The highest BCUT2D eigenvalue weighted by atomic mass is 35.5. The Bertz CT molecular complexity index is 1020. The minimum absolute atomic E-state index is 0.0327. The lowest BCUT2D eigenvalue weighted by Gasteiger charge is -2.07. The van der Waals surface area contributed by atoms with E-state index in [4.69, 9.17) is 16.0 Å². The zero-order valence-electron chi connectivity index (χ0n) is 10.9. The minimum Gasteiger partial charge on any atom is -0.464 e. The van der Waals surface area contributed by atoms with Gasteiger partial charge >= 0.3 is 0 Å². The Morgan fingerprint density at radius 1 is 1.00 bits per heavy atom. The third-order valence-electron chi connectivity index (χ3n) is 3.58. The molecule has 4 aromatic rings. The summed E-state index contributed by atoms with van der Waals surface area (Å²) in [6.07, 6.45) is 1.62. The standard InChI is InChI=1S/C17H10ClNO2/c18-10-6-7-14-13(9-10)17(20)12-4-1-3-11(16(12)19-14)15-5-2-8-21-15/h1-9H,(H,19,20). The molecule has 2 aromatic heterocycles. The van der Waals surface area contributed by atoms with Crippen LogP contribution in [0.4, 0.5) is 0 Å². The number of hydrogen-bond donors (Lipinski definition) is 1. The number of pyridine rings is 1. The van der Waals surface area contributed by atoms with Crippen molar-refractivity contribution in [1.29, 1.82) is 0 Å². The molecule has 0 spiro atoms. The quantitative estimate of drug-likeness (QED) is 0.522. The lowest BCUT2D eigenvalue weighted by Crippen LogP contribution is -2.04. The van der Waals surface area contributed by atoms with E-state index in [1.165, 1.54) is 0 Å². The van der Waals surface area contributed by atoms with Crippen LogP contribution in [-0.2, 0) is 0 Å². The zero-order valence-corrected chi connectivity index (χ0v) is 11.6. The van der Waals surface area contributed by atoms with Crippen LogP contribution in [-0.4, -0.2) is 4.98 Å². The van der Waals surface area contributed by atoms with Gasteiger partial charge in [0.2, 0.25) is 0 Å². The number of rotatable bonds is 1. The van der Waals surface area contributed by atoms with Gasteiger partial charge in [-0.25, -0.2) is 0 Å². The predicted octanol–water partition coefficient (Wildman–Crippen LogP) is 4.59. The molecule has 0 radical (unpaired) electrons. The summed E-state index contributed by atoms with van der Waals surface area (Å²) in [7, 11) is 0. The Balaban J connectivity index is 2.19. The summed E-state index contributed by atoms with van der Waals surface area (Å²) in [5.74, 6) is 0.726. The van der Waals surface area contributed by atoms with E-state index in [0.717, 1.165) is 22.4 Å². The number of aromatic amines is 1. The molecule has 0 amide bonds. The Hall–Kier alpha value is -2.52. The molecule has 2 aromatic carbocycles. The van der Waals surface area contributed by atoms with Gasteiger partial charge in [0.1, 0.15) is 5.76 Å². The molecule has 21 heavy (non-hydrogen) atoms. The van der Waals surface area contributed by atoms with Crippen LogP contribution in [0.15, 0.2) is 64.0 Å². The first-order valence-corrected chi connectivity index (χ1v) is 6.90. The van der Waals surface area contributed by atoms with Crippen LogP contribution in [0.25, 0.3) is 33.1 Å². The summed E-state index contributed by atoms with van der Waals surface area (Å²) in [6.45, 7) is 0. The maximum Gasteiger partial charge on any atom is 0.197 e. The van der Waals surface area contributed by atoms with E-state index in [9.17, 15) is 4.79 Å². The van der Waals surface area contributed by atoms with Crippen molar-refractivity contribution in [2.75, 3.05) is 0 Å². The molecule has 0 aliphatic carbocycles. The second kappa shape index (κ2) is 4.50. The molecule has 102 valence electrons. The number of hydrogen-bond acceptors (Lipinski definition) is 2. The molecule has 4 heteroatoms. The van der Waals surface area contributed by atoms with Gasteiger partial charge in [-0.15, -0.1) is 0 Å². The topological polar surface area (TPSA) is 46.0 Å². The molecule has 2 heterocycles. The second-order valence-corrected chi connectivity index (χ2v) is 5.29. The van der Waals surface area contributed by atoms with Gasteiger partial charge in [-0.3, -0.25) is 4.79 Å². The van der Waals surface area contributed by atoms with Crippen LogP contribution < -0.4 is 5.43 Å². The van der Waals surface area contributed by atoms with Gasteiger partial charge in [-0.05, 0) is 42.5 Å². The molecule has 0 aliphatic heterocycles. The molecule has 1 N–H and O–H groups in total. The predicted molar refractivity (Wildman–Crippen MR) is 84.8 cm³/mol. The maximum atomic E-state index is 12.7. The van der Waals surface area contributed by atoms with Gasteiger partial charge in [-0.2, -0.15) is 0 Å². The molecule has 0 bridgehead atoms. The van der Waals surface area contributed by atoms with Crippen molar-refractivity contribution in [2.45, 2.75) is 0 Å². The van der Waals surface area contributed by atoms with Crippen LogP contribution in [0.5, 0.6) is 0 Å². The van der Waals surface area contributed by atoms with Crippen LogP contribution in [0, 0.1) is 0 Å². The highest BCUT2D eigenvalue weighted by Gasteiger charge is 2.11. The number of H-pyrrole nitrogens is 1. The summed E-state index contributed by atoms with van der Waals surface area (Å²) >= 11 is 5.99. The molecular weight excluding hydrogens is 286 g/mol. The van der Waals surface area contributed by atoms with Crippen molar-refractivity contribution in [2.24, 2.45) is 0 Å². The van der Waals surface area contributed by atoms with Gasteiger partial charge in [0.15, 0.2) is 5.43 Å². The first-order valence-electron chi connectivity index (χ1n) is 6.52. The number of nitrogens with one attached hydrogen (secondary N) is 1. The Morgan fingerprint density at radius 2 is 1.90 bits per heavy atom. The number of furan rings is 1. The lowest BCUT2D eigenvalue weighted by atomic mass is 10.0. The number of fused-ring (bicyclic) bond motifs is 2. The largest absolute Gasteiger partial charge is 0.464 e. The van der Waals surface area contributed by atoms with E-state index >= 15 is 0 Å². The van der Waals surface area contributed by atoms with Gasteiger partial charge in [0.25, 0.3) is 0 Å². The molecule has 0 saturated carbocycles. The van der Waals surface area contributed by atoms with Crippen molar-refractivity contribution >= 4 is 33.4 Å². The third kappa shape index (κ3) is 1.86. The second-order valence-electron chi connectivity index (χ2n) is 4.85. The molecule has 0 unspecified atom stereocenters. The Morgan fingerprint density at radius 3 is 2.71 bits per heavy atom. The van der Waals surface area contributed by atoms with Crippen LogP contribution >= 0.6 is 11.6 Å². The molecule has 0 aliphatic rings. The Kier molecular flexibility index (Phi) is 2.62. The van der Waals surface area contributed by atoms with Crippen molar-refractivity contribution in [1.82, 2.24) is 4.98 Å². The maximum absolute atomic E-state index is 12.7. The smallest absolute Gasteiger partial charge is 0.197 e. The fourth-order valence-electron chi connectivity index (χ4n) is 2.61. The van der Waals surface area contributed by atoms with E-state index in [2.05, 4.69) is 4.98 Å². The number of para-hydroxylation sites is 1. The molecular formula is C17H10ClNO2. The van der Waals surface area contributed by atoms with E-state index in [0.29, 0.717) is 15.8 Å². The fraction of sp³-hybridized carbons (Fsp3) is 0. The van der Waals surface area contributed by atoms with E-state index in [-0.39, 0.29) is 5.43 Å².